The van der Waals surface area contributed by atoms with E-state index in [0.717, 1.165) is 25.1 Å². The molecule has 1 aromatic carbocycles. The third kappa shape index (κ3) is 3.32. The first-order valence-corrected chi connectivity index (χ1v) is 8.15. The number of carbonyl (C=O) groups excluding carboxylic acids is 1. The van der Waals surface area contributed by atoms with Gasteiger partial charge in [-0.1, -0.05) is 18.2 Å². The first-order chi connectivity index (χ1) is 11.7. The summed E-state index contributed by atoms with van der Waals surface area (Å²) in [4.78, 5) is 14.7. The first-order valence-electron chi connectivity index (χ1n) is 8.15. The van der Waals surface area contributed by atoms with Crippen molar-refractivity contribution in [1.29, 1.82) is 0 Å². The van der Waals surface area contributed by atoms with Gasteiger partial charge in [0, 0.05) is 26.1 Å². The van der Waals surface area contributed by atoms with Crippen molar-refractivity contribution in [2.24, 2.45) is 0 Å². The van der Waals surface area contributed by atoms with Crippen LogP contribution < -0.4 is 10.1 Å². The molecule has 1 aliphatic rings. The van der Waals surface area contributed by atoms with Crippen LogP contribution in [-0.2, 0) is 0 Å². The fourth-order valence-electron chi connectivity index (χ4n) is 3.21. The number of piperidine rings is 1. The zero-order chi connectivity index (χ0) is 16.9. The van der Waals surface area contributed by atoms with Gasteiger partial charge in [0.2, 0.25) is 0 Å². The van der Waals surface area contributed by atoms with Crippen molar-refractivity contribution in [3.63, 3.8) is 0 Å². The van der Waals surface area contributed by atoms with Gasteiger partial charge in [-0.15, -0.1) is 5.10 Å². The van der Waals surface area contributed by atoms with Gasteiger partial charge < -0.3 is 15.0 Å². The molecule has 1 atom stereocenters. The van der Waals surface area contributed by atoms with Crippen LogP contribution in [0.2, 0.25) is 0 Å². The van der Waals surface area contributed by atoms with Crippen LogP contribution in [0, 0.1) is 0 Å². The van der Waals surface area contributed by atoms with Crippen LogP contribution in [0.25, 0.3) is 0 Å². The Morgan fingerprint density at radius 2 is 2.21 bits per heavy atom. The van der Waals surface area contributed by atoms with Gasteiger partial charge in [0.05, 0.1) is 18.9 Å². The van der Waals surface area contributed by atoms with Crippen molar-refractivity contribution in [1.82, 2.24) is 15.1 Å². The lowest BCUT2D eigenvalue weighted by atomic mass is 9.89. The van der Waals surface area contributed by atoms with Crippen LogP contribution in [0.1, 0.15) is 34.7 Å². The van der Waals surface area contributed by atoms with E-state index in [0.29, 0.717) is 17.9 Å². The number of aromatic nitrogens is 2. The zero-order valence-corrected chi connectivity index (χ0v) is 14.0. The van der Waals surface area contributed by atoms with Gasteiger partial charge in [-0.05, 0) is 30.5 Å². The number of likely N-dealkylation sites (tertiary alicyclic amines) is 1. The Hall–Kier alpha value is -2.63. The number of anilines is 1. The second-order valence-corrected chi connectivity index (χ2v) is 5.91. The van der Waals surface area contributed by atoms with E-state index in [1.54, 1.807) is 20.2 Å². The van der Waals surface area contributed by atoms with Gasteiger partial charge in [-0.3, -0.25) is 4.79 Å². The standard InChI is InChI=1S/C18H22N4O2/c1-19-17-10-14(11-20-21-17)18(23)22-9-5-6-13(12-22)15-7-3-4-8-16(15)24-2/h3-4,7-8,10-11,13H,5-6,9,12H2,1-2H3,(H,19,21)/t13-/m0/s1. The van der Waals surface area contributed by atoms with E-state index in [-0.39, 0.29) is 11.8 Å². The number of benzene rings is 1. The van der Waals surface area contributed by atoms with Crippen LogP contribution in [0.15, 0.2) is 36.5 Å². The smallest absolute Gasteiger partial charge is 0.255 e. The van der Waals surface area contributed by atoms with Gasteiger partial charge in [0.1, 0.15) is 11.6 Å². The molecule has 0 aliphatic carbocycles. The van der Waals surface area contributed by atoms with Crippen LogP contribution >= 0.6 is 0 Å². The third-order valence-electron chi connectivity index (χ3n) is 4.44. The number of ether oxygens (including phenoxy) is 1. The normalized spacial score (nSPS) is 17.4. The van der Waals surface area contributed by atoms with Crippen LogP contribution in [0.5, 0.6) is 5.75 Å². The average Bonchev–Trinajstić information content (AvgIpc) is 2.67. The molecule has 2 aromatic rings. The van der Waals surface area contributed by atoms with Crippen molar-refractivity contribution in [2.75, 3.05) is 32.6 Å². The quantitative estimate of drug-likeness (QED) is 0.935. The summed E-state index contributed by atoms with van der Waals surface area (Å²) in [5, 5.41) is 10.7. The highest BCUT2D eigenvalue weighted by molar-refractivity contribution is 5.94. The molecule has 6 nitrogen and oxygen atoms in total. The molecule has 0 radical (unpaired) electrons. The van der Waals surface area contributed by atoms with E-state index in [9.17, 15) is 4.79 Å². The van der Waals surface area contributed by atoms with E-state index < -0.39 is 0 Å². The summed E-state index contributed by atoms with van der Waals surface area (Å²) in [7, 11) is 3.45. The summed E-state index contributed by atoms with van der Waals surface area (Å²) in [5.74, 6) is 1.78. The van der Waals surface area contributed by atoms with Crippen molar-refractivity contribution in [3.05, 3.63) is 47.7 Å². The molecule has 1 aromatic heterocycles. The van der Waals surface area contributed by atoms with Crippen molar-refractivity contribution >= 4 is 11.7 Å². The summed E-state index contributed by atoms with van der Waals surface area (Å²) < 4.78 is 5.48. The average molecular weight is 326 g/mol. The molecule has 0 saturated carbocycles. The lowest BCUT2D eigenvalue weighted by Crippen LogP contribution is -2.39. The Balaban J connectivity index is 1.79. The molecule has 1 saturated heterocycles. The number of methoxy groups -OCH3 is 1. The number of hydrogen-bond donors (Lipinski definition) is 1. The second-order valence-electron chi connectivity index (χ2n) is 5.91. The molecular weight excluding hydrogens is 304 g/mol. The second kappa shape index (κ2) is 7.29. The first kappa shape index (κ1) is 16.2. The molecule has 0 bridgehead atoms. The molecule has 126 valence electrons. The fraction of sp³-hybridized carbons (Fsp3) is 0.389. The molecule has 24 heavy (non-hydrogen) atoms. The predicted molar refractivity (Wildman–Crippen MR) is 92.5 cm³/mol. The maximum absolute atomic E-state index is 12.8. The van der Waals surface area contributed by atoms with Crippen LogP contribution in [0.4, 0.5) is 5.82 Å². The largest absolute Gasteiger partial charge is 0.496 e. The molecule has 2 heterocycles. The molecule has 1 amide bonds. The van der Waals surface area contributed by atoms with Gasteiger partial charge in [-0.25, -0.2) is 0 Å². The van der Waals surface area contributed by atoms with E-state index in [4.69, 9.17) is 4.74 Å². The molecule has 0 spiro atoms. The number of carbonyl (C=O) groups is 1. The van der Waals surface area contributed by atoms with Crippen LogP contribution in [0.3, 0.4) is 0 Å². The van der Waals surface area contributed by atoms with Crippen molar-refractivity contribution in [3.8, 4) is 5.75 Å². The SMILES string of the molecule is CNc1cc(C(=O)N2CCC[C@H](c3ccccc3OC)C2)cnn1. The number of amides is 1. The summed E-state index contributed by atoms with van der Waals surface area (Å²) in [5.41, 5.74) is 1.73. The maximum Gasteiger partial charge on any atom is 0.255 e. The lowest BCUT2D eigenvalue weighted by Gasteiger charge is -2.33. The van der Waals surface area contributed by atoms with Gasteiger partial charge in [0.25, 0.3) is 5.91 Å². The number of nitrogens with zero attached hydrogens (tertiary/aromatic N) is 3. The topological polar surface area (TPSA) is 67.4 Å². The van der Waals surface area contributed by atoms with Crippen LogP contribution in [-0.4, -0.2) is 48.3 Å². The Labute approximate surface area is 141 Å². The number of hydrogen-bond acceptors (Lipinski definition) is 5. The van der Waals surface area contributed by atoms with E-state index in [2.05, 4.69) is 21.6 Å². The Morgan fingerprint density at radius 1 is 1.38 bits per heavy atom. The zero-order valence-electron chi connectivity index (χ0n) is 14.0. The highest BCUT2D eigenvalue weighted by atomic mass is 16.5. The molecule has 6 heteroatoms. The van der Waals surface area contributed by atoms with Gasteiger partial charge in [0.15, 0.2) is 0 Å². The fourth-order valence-corrected chi connectivity index (χ4v) is 3.21. The minimum absolute atomic E-state index is 0.000924. The Morgan fingerprint density at radius 3 is 3.00 bits per heavy atom. The van der Waals surface area contributed by atoms with Gasteiger partial charge in [-0.2, -0.15) is 5.10 Å². The monoisotopic (exact) mass is 326 g/mol. The Bertz CT molecular complexity index is 720. The number of nitrogens with one attached hydrogen (secondary N) is 1. The van der Waals surface area contributed by atoms with E-state index in [1.165, 1.54) is 11.8 Å². The van der Waals surface area contributed by atoms with Crippen molar-refractivity contribution in [2.45, 2.75) is 18.8 Å². The lowest BCUT2D eigenvalue weighted by molar-refractivity contribution is 0.0705. The summed E-state index contributed by atoms with van der Waals surface area (Å²) in [6.07, 6.45) is 3.56. The number of para-hydroxylation sites is 1. The summed E-state index contributed by atoms with van der Waals surface area (Å²) in [6, 6.07) is 9.79. The van der Waals surface area contributed by atoms with Crippen molar-refractivity contribution < 1.29 is 9.53 Å². The van der Waals surface area contributed by atoms with E-state index >= 15 is 0 Å². The molecule has 3 rings (SSSR count). The number of rotatable bonds is 4. The third-order valence-corrected chi connectivity index (χ3v) is 4.44. The predicted octanol–water partition coefficient (Wildman–Crippen LogP) is 2.55. The molecule has 1 aliphatic heterocycles. The van der Waals surface area contributed by atoms with Gasteiger partial charge >= 0.3 is 0 Å². The highest BCUT2D eigenvalue weighted by Crippen LogP contribution is 2.33. The van der Waals surface area contributed by atoms with E-state index in [1.807, 2.05) is 23.1 Å². The molecule has 1 fully saturated rings. The molecule has 0 unspecified atom stereocenters. The summed E-state index contributed by atoms with van der Waals surface area (Å²) >= 11 is 0. The minimum Gasteiger partial charge on any atom is -0.496 e. The molecular formula is C18H22N4O2. The molecule has 1 N–H and O–H groups in total. The Kier molecular flexibility index (Phi) is 4.93. The highest BCUT2D eigenvalue weighted by Gasteiger charge is 2.27. The summed E-state index contributed by atoms with van der Waals surface area (Å²) in [6.45, 7) is 1.46. The minimum atomic E-state index is 0.000924. The maximum atomic E-state index is 12.8.